The van der Waals surface area contributed by atoms with Crippen LogP contribution in [0.5, 0.6) is 0 Å². The molecule has 142 valence electrons. The lowest BCUT2D eigenvalue weighted by Gasteiger charge is -2.29. The highest BCUT2D eigenvalue weighted by atomic mass is 32.2. The zero-order valence-electron chi connectivity index (χ0n) is 15.8. The zero-order chi connectivity index (χ0) is 18.7. The number of methoxy groups -OCH3 is 1. The number of ether oxygens (including phenoxy) is 1. The van der Waals surface area contributed by atoms with Crippen LogP contribution in [0.3, 0.4) is 0 Å². The van der Waals surface area contributed by atoms with Crippen molar-refractivity contribution in [3.05, 3.63) is 23.5 Å². The third-order valence-electron chi connectivity index (χ3n) is 4.66. The third-order valence-corrected chi connectivity index (χ3v) is 5.70. The molecule has 0 aromatic rings. The fraction of sp³-hybridized carbons (Fsp3) is 0.611. The minimum absolute atomic E-state index is 0.222. The van der Waals surface area contributed by atoms with E-state index in [4.69, 9.17) is 9.73 Å². The average molecular weight is 378 g/mol. The van der Waals surface area contributed by atoms with Gasteiger partial charge in [0, 0.05) is 55.0 Å². The van der Waals surface area contributed by atoms with Crippen molar-refractivity contribution in [1.29, 1.82) is 0 Å². The molecule has 3 rings (SSSR count). The number of amidine groups is 1. The van der Waals surface area contributed by atoms with Crippen LogP contribution in [0.2, 0.25) is 0 Å². The monoisotopic (exact) mass is 377 g/mol. The number of hydrogen-bond acceptors (Lipinski definition) is 8. The highest BCUT2D eigenvalue weighted by Crippen LogP contribution is 2.32. The summed E-state index contributed by atoms with van der Waals surface area (Å²) in [5.41, 5.74) is 2.67. The minimum atomic E-state index is -0.292. The molecule has 0 aliphatic carbocycles. The summed E-state index contributed by atoms with van der Waals surface area (Å²) >= 11 is 1.51. The lowest BCUT2D eigenvalue weighted by molar-refractivity contribution is -0.136. The SMILES string of the molecule is CCC1C=CN=C1C1=NCC(C(=O)OC)=C2CC(NSNC(C)C)CN12. The van der Waals surface area contributed by atoms with Crippen molar-refractivity contribution in [2.45, 2.75) is 45.7 Å². The second-order valence-corrected chi connectivity index (χ2v) is 7.61. The Kier molecular flexibility index (Phi) is 6.16. The van der Waals surface area contributed by atoms with Gasteiger partial charge in [0.2, 0.25) is 0 Å². The summed E-state index contributed by atoms with van der Waals surface area (Å²) in [6, 6.07) is 0.613. The molecule has 26 heavy (non-hydrogen) atoms. The molecule has 2 N–H and O–H groups in total. The van der Waals surface area contributed by atoms with Crippen LogP contribution in [-0.4, -0.2) is 54.7 Å². The molecule has 0 bridgehead atoms. The van der Waals surface area contributed by atoms with Crippen molar-refractivity contribution in [2.24, 2.45) is 15.9 Å². The first-order valence-corrected chi connectivity index (χ1v) is 9.90. The molecule has 0 aromatic heterocycles. The highest BCUT2D eigenvalue weighted by Gasteiger charge is 2.39. The van der Waals surface area contributed by atoms with Crippen LogP contribution in [0, 0.1) is 5.92 Å². The molecule has 0 radical (unpaired) electrons. The Hall–Kier alpha value is -1.64. The molecule has 3 aliphatic rings. The molecule has 0 aromatic carbocycles. The number of allylic oxidation sites excluding steroid dienone is 1. The van der Waals surface area contributed by atoms with Gasteiger partial charge in [-0.1, -0.05) is 13.0 Å². The largest absolute Gasteiger partial charge is 0.466 e. The Morgan fingerprint density at radius 3 is 3.00 bits per heavy atom. The Morgan fingerprint density at radius 2 is 2.31 bits per heavy atom. The topological polar surface area (TPSA) is 78.3 Å². The number of esters is 1. The van der Waals surface area contributed by atoms with E-state index in [2.05, 4.69) is 46.2 Å². The van der Waals surface area contributed by atoms with Gasteiger partial charge < -0.3 is 9.64 Å². The molecular weight excluding hydrogens is 350 g/mol. The quantitative estimate of drug-likeness (QED) is 0.522. The smallest absolute Gasteiger partial charge is 0.337 e. The number of fused-ring (bicyclic) bond motifs is 1. The number of nitrogens with zero attached hydrogens (tertiary/aromatic N) is 3. The minimum Gasteiger partial charge on any atom is -0.466 e. The maximum Gasteiger partial charge on any atom is 0.337 e. The van der Waals surface area contributed by atoms with Crippen LogP contribution in [0.4, 0.5) is 0 Å². The predicted molar refractivity (Wildman–Crippen MR) is 106 cm³/mol. The molecule has 3 heterocycles. The zero-order valence-corrected chi connectivity index (χ0v) is 16.6. The molecule has 0 saturated carbocycles. The second-order valence-electron chi connectivity index (χ2n) is 6.93. The first-order chi connectivity index (χ1) is 12.5. The summed E-state index contributed by atoms with van der Waals surface area (Å²) in [7, 11) is 1.42. The molecule has 1 fully saturated rings. The average Bonchev–Trinajstić information content (AvgIpc) is 3.26. The standard InChI is InChI=1S/C18H27N5O2S/c1-5-12-6-7-19-16(12)17-20-9-14(18(24)25-4)15-8-13(10-23(15)17)22-26-21-11(2)3/h6-7,11-13,21-22H,5,8-10H2,1-4H3. The highest BCUT2D eigenvalue weighted by molar-refractivity contribution is 7.95. The van der Waals surface area contributed by atoms with E-state index in [9.17, 15) is 4.79 Å². The van der Waals surface area contributed by atoms with Crippen molar-refractivity contribution in [1.82, 2.24) is 14.3 Å². The fourth-order valence-corrected chi connectivity index (χ4v) is 4.00. The summed E-state index contributed by atoms with van der Waals surface area (Å²) in [4.78, 5) is 23.6. The number of nitrogens with one attached hydrogen (secondary N) is 2. The van der Waals surface area contributed by atoms with Crippen molar-refractivity contribution < 1.29 is 9.53 Å². The molecule has 0 spiro atoms. The van der Waals surface area contributed by atoms with E-state index >= 15 is 0 Å². The predicted octanol–water partition coefficient (Wildman–Crippen LogP) is 2.05. The van der Waals surface area contributed by atoms with Gasteiger partial charge in [-0.25, -0.2) is 14.2 Å². The van der Waals surface area contributed by atoms with Gasteiger partial charge >= 0.3 is 5.97 Å². The van der Waals surface area contributed by atoms with Crippen LogP contribution in [-0.2, 0) is 9.53 Å². The van der Waals surface area contributed by atoms with Crippen LogP contribution in [0.1, 0.15) is 33.6 Å². The Bertz CT molecular complexity index is 683. The summed E-state index contributed by atoms with van der Waals surface area (Å²) < 4.78 is 11.7. The third kappa shape index (κ3) is 3.87. The summed E-state index contributed by atoms with van der Waals surface area (Å²) in [5, 5.41) is 0. The van der Waals surface area contributed by atoms with Crippen molar-refractivity contribution >= 4 is 29.7 Å². The summed E-state index contributed by atoms with van der Waals surface area (Å²) in [6.07, 6.45) is 5.74. The van der Waals surface area contributed by atoms with Gasteiger partial charge in [-0.15, -0.1) is 0 Å². The molecule has 2 atom stereocenters. The Labute approximate surface area is 159 Å². The van der Waals surface area contributed by atoms with Gasteiger partial charge in [0.05, 0.1) is 24.9 Å². The van der Waals surface area contributed by atoms with E-state index in [1.165, 1.54) is 19.2 Å². The molecule has 2 unspecified atom stereocenters. The van der Waals surface area contributed by atoms with Gasteiger partial charge in [-0.2, -0.15) is 0 Å². The van der Waals surface area contributed by atoms with Crippen molar-refractivity contribution in [3.8, 4) is 0 Å². The van der Waals surface area contributed by atoms with Gasteiger partial charge in [0.1, 0.15) is 0 Å². The normalized spacial score (nSPS) is 24.9. The molecule has 7 nitrogen and oxygen atoms in total. The number of rotatable bonds is 7. The molecule has 8 heteroatoms. The van der Waals surface area contributed by atoms with E-state index < -0.39 is 0 Å². The van der Waals surface area contributed by atoms with Crippen molar-refractivity contribution in [2.75, 3.05) is 20.2 Å². The first-order valence-electron chi connectivity index (χ1n) is 9.09. The lowest BCUT2D eigenvalue weighted by atomic mass is 9.99. The number of carbonyl (C=O) groups excluding carboxylic acids is 1. The maximum absolute atomic E-state index is 12.2. The van der Waals surface area contributed by atoms with E-state index in [1.54, 1.807) is 0 Å². The van der Waals surface area contributed by atoms with Gasteiger partial charge in [-0.3, -0.25) is 9.98 Å². The van der Waals surface area contributed by atoms with Gasteiger partial charge in [-0.05, 0) is 20.3 Å². The molecule has 3 aliphatic heterocycles. The molecular formula is C18H27N5O2S. The number of aliphatic imine (C=N–C) groups is 2. The van der Waals surface area contributed by atoms with E-state index in [-0.39, 0.29) is 12.0 Å². The second kappa shape index (κ2) is 8.37. The van der Waals surface area contributed by atoms with Crippen LogP contribution >= 0.6 is 12.1 Å². The number of carbonyl (C=O) groups is 1. The van der Waals surface area contributed by atoms with E-state index in [0.29, 0.717) is 24.1 Å². The summed E-state index contributed by atoms with van der Waals surface area (Å²) in [6.45, 7) is 7.47. The Balaban J connectivity index is 1.80. The molecule has 0 amide bonds. The lowest BCUT2D eigenvalue weighted by Crippen LogP contribution is -2.41. The van der Waals surface area contributed by atoms with Crippen molar-refractivity contribution in [3.63, 3.8) is 0 Å². The Morgan fingerprint density at radius 1 is 1.50 bits per heavy atom. The first kappa shape index (κ1) is 19.1. The fourth-order valence-electron chi connectivity index (χ4n) is 3.38. The van der Waals surface area contributed by atoms with Crippen LogP contribution in [0.15, 0.2) is 33.5 Å². The number of hydrogen-bond donors (Lipinski definition) is 2. The van der Waals surface area contributed by atoms with Crippen LogP contribution in [0.25, 0.3) is 0 Å². The maximum atomic E-state index is 12.2. The van der Waals surface area contributed by atoms with E-state index in [1.807, 2.05) is 6.20 Å². The van der Waals surface area contributed by atoms with Gasteiger partial charge in [0.15, 0.2) is 5.84 Å². The van der Waals surface area contributed by atoms with Crippen LogP contribution < -0.4 is 9.44 Å². The summed E-state index contributed by atoms with van der Waals surface area (Å²) in [5.74, 6) is 0.897. The molecule has 1 saturated heterocycles. The van der Waals surface area contributed by atoms with Gasteiger partial charge in [0.25, 0.3) is 0 Å². The van der Waals surface area contributed by atoms with E-state index in [0.717, 1.165) is 36.6 Å².